The van der Waals surface area contributed by atoms with Crippen molar-refractivity contribution in [3.8, 4) is 0 Å². The zero-order valence-corrected chi connectivity index (χ0v) is 15.0. The van der Waals surface area contributed by atoms with Crippen LogP contribution in [-0.2, 0) is 19.4 Å². The Bertz CT molecular complexity index is 949. The van der Waals surface area contributed by atoms with Gasteiger partial charge in [-0.05, 0) is 31.5 Å². The van der Waals surface area contributed by atoms with Gasteiger partial charge in [0.05, 0.1) is 16.6 Å². The van der Waals surface area contributed by atoms with E-state index in [9.17, 15) is 0 Å². The maximum Gasteiger partial charge on any atom is 0.245 e. The number of nitrogens with zero attached hydrogens (tertiary/aromatic N) is 2. The molecule has 0 amide bonds. The number of benzene rings is 2. The highest BCUT2D eigenvalue weighted by Crippen LogP contribution is 2.28. The molecular formula is C19H19N2S2+. The molecule has 0 saturated carbocycles. The summed E-state index contributed by atoms with van der Waals surface area (Å²) in [5.41, 5.74) is 3.97. The van der Waals surface area contributed by atoms with Crippen LogP contribution in [0.1, 0.15) is 29.4 Å². The van der Waals surface area contributed by atoms with Crippen molar-refractivity contribution in [1.29, 1.82) is 0 Å². The van der Waals surface area contributed by atoms with Crippen LogP contribution in [-0.4, -0.2) is 4.98 Å². The highest BCUT2D eigenvalue weighted by molar-refractivity contribution is 7.19. The monoisotopic (exact) mass is 339 g/mol. The number of para-hydroxylation sites is 2. The Kier molecular flexibility index (Phi) is 3.87. The fourth-order valence-electron chi connectivity index (χ4n) is 3.14. The standard InChI is InChI=1S/C19H19N2S2/c1-3-13-8-7-11-16-19(13)21(4-2)18(23-16)12-17-20-14-9-5-6-10-15(14)22-17/h5-11H,3-4,12H2,1-2H3/q+1. The third kappa shape index (κ3) is 2.56. The van der Waals surface area contributed by atoms with E-state index in [1.54, 1.807) is 0 Å². The molecule has 0 spiro atoms. The highest BCUT2D eigenvalue weighted by atomic mass is 32.1. The average Bonchev–Trinajstić information content (AvgIpc) is 3.14. The molecule has 4 heteroatoms. The second-order valence-electron chi connectivity index (χ2n) is 5.61. The lowest BCUT2D eigenvalue weighted by atomic mass is 10.1. The average molecular weight is 340 g/mol. The number of hydrogen-bond donors (Lipinski definition) is 0. The SMILES string of the molecule is CCc1cccc2sc(Cc3nc4ccccc4s3)[n+](CC)c12. The van der Waals surface area contributed by atoms with Gasteiger partial charge >= 0.3 is 0 Å². The van der Waals surface area contributed by atoms with Crippen LogP contribution in [0.15, 0.2) is 42.5 Å². The van der Waals surface area contributed by atoms with Crippen molar-refractivity contribution in [3.63, 3.8) is 0 Å². The number of thiazole rings is 2. The van der Waals surface area contributed by atoms with Gasteiger partial charge in [-0.15, -0.1) is 11.3 Å². The molecule has 4 aromatic rings. The van der Waals surface area contributed by atoms with E-state index in [0.29, 0.717) is 0 Å². The van der Waals surface area contributed by atoms with Crippen molar-refractivity contribution in [3.05, 3.63) is 58.0 Å². The van der Waals surface area contributed by atoms with Crippen LogP contribution < -0.4 is 4.57 Å². The second-order valence-corrected chi connectivity index (χ2v) is 7.84. The molecule has 0 N–H and O–H groups in total. The van der Waals surface area contributed by atoms with Crippen LogP contribution in [0.5, 0.6) is 0 Å². The number of fused-ring (bicyclic) bond motifs is 2. The summed E-state index contributed by atoms with van der Waals surface area (Å²) >= 11 is 3.73. The molecule has 0 saturated heterocycles. The topological polar surface area (TPSA) is 16.8 Å². The van der Waals surface area contributed by atoms with E-state index in [2.05, 4.69) is 60.9 Å². The predicted octanol–water partition coefficient (Wildman–Crippen LogP) is 4.97. The molecule has 0 fully saturated rings. The van der Waals surface area contributed by atoms with Gasteiger partial charge in [-0.1, -0.05) is 42.5 Å². The van der Waals surface area contributed by atoms with E-state index in [1.165, 1.54) is 30.5 Å². The van der Waals surface area contributed by atoms with Gasteiger partial charge in [0.1, 0.15) is 16.3 Å². The minimum absolute atomic E-state index is 0.926. The van der Waals surface area contributed by atoms with E-state index in [-0.39, 0.29) is 0 Å². The quantitative estimate of drug-likeness (QED) is 0.480. The van der Waals surface area contributed by atoms with Gasteiger partial charge in [0.15, 0.2) is 0 Å². The van der Waals surface area contributed by atoms with Crippen LogP contribution in [0.4, 0.5) is 0 Å². The summed E-state index contributed by atoms with van der Waals surface area (Å²) in [4.78, 5) is 4.81. The van der Waals surface area contributed by atoms with E-state index in [1.807, 2.05) is 22.7 Å². The maximum absolute atomic E-state index is 4.81. The zero-order chi connectivity index (χ0) is 15.8. The largest absolute Gasteiger partial charge is 0.245 e. The summed E-state index contributed by atoms with van der Waals surface area (Å²) in [5.74, 6) is 0. The Morgan fingerprint density at radius 1 is 0.957 bits per heavy atom. The second kappa shape index (κ2) is 6.02. The lowest BCUT2D eigenvalue weighted by molar-refractivity contribution is -0.670. The Morgan fingerprint density at radius 3 is 2.57 bits per heavy atom. The lowest BCUT2D eigenvalue weighted by Gasteiger charge is -1.98. The summed E-state index contributed by atoms with van der Waals surface area (Å²) in [6.07, 6.45) is 2.00. The first kappa shape index (κ1) is 14.8. The van der Waals surface area contributed by atoms with E-state index in [4.69, 9.17) is 4.98 Å². The molecule has 2 aromatic carbocycles. The molecule has 2 aromatic heterocycles. The van der Waals surface area contributed by atoms with Crippen LogP contribution in [0.25, 0.3) is 20.4 Å². The van der Waals surface area contributed by atoms with Gasteiger partial charge < -0.3 is 0 Å². The van der Waals surface area contributed by atoms with E-state index >= 15 is 0 Å². The first-order valence-electron chi connectivity index (χ1n) is 8.07. The third-order valence-corrected chi connectivity index (χ3v) is 6.41. The first-order chi connectivity index (χ1) is 11.3. The maximum atomic E-state index is 4.81. The number of aromatic nitrogens is 2. The minimum atomic E-state index is 0.926. The van der Waals surface area contributed by atoms with Crippen molar-refractivity contribution < 1.29 is 4.57 Å². The lowest BCUT2D eigenvalue weighted by Crippen LogP contribution is -2.35. The van der Waals surface area contributed by atoms with Crippen molar-refractivity contribution in [2.24, 2.45) is 0 Å². The normalized spacial score (nSPS) is 11.6. The van der Waals surface area contributed by atoms with E-state index < -0.39 is 0 Å². The molecule has 0 radical (unpaired) electrons. The molecule has 2 nitrogen and oxygen atoms in total. The smallest absolute Gasteiger partial charge is 0.241 e. The van der Waals surface area contributed by atoms with Crippen LogP contribution in [0.3, 0.4) is 0 Å². The van der Waals surface area contributed by atoms with Crippen molar-refractivity contribution >= 4 is 43.1 Å². The summed E-state index contributed by atoms with van der Waals surface area (Å²) < 4.78 is 5.15. The molecule has 0 atom stereocenters. The van der Waals surface area contributed by atoms with Gasteiger partial charge in [-0.2, -0.15) is 4.57 Å². The van der Waals surface area contributed by atoms with Crippen LogP contribution >= 0.6 is 22.7 Å². The predicted molar refractivity (Wildman–Crippen MR) is 99.5 cm³/mol. The molecular weight excluding hydrogens is 320 g/mol. The van der Waals surface area contributed by atoms with Crippen LogP contribution in [0, 0.1) is 0 Å². The Hall–Kier alpha value is -1.78. The van der Waals surface area contributed by atoms with Crippen molar-refractivity contribution in [2.45, 2.75) is 33.2 Å². The molecule has 2 heterocycles. The Morgan fingerprint density at radius 2 is 1.78 bits per heavy atom. The molecule has 23 heavy (non-hydrogen) atoms. The summed E-state index contributed by atoms with van der Waals surface area (Å²) in [5, 5.41) is 2.61. The number of hydrogen-bond acceptors (Lipinski definition) is 3. The minimum Gasteiger partial charge on any atom is -0.241 e. The van der Waals surface area contributed by atoms with E-state index in [0.717, 1.165) is 24.9 Å². The van der Waals surface area contributed by atoms with Gasteiger partial charge in [0, 0.05) is 5.56 Å². The zero-order valence-electron chi connectivity index (χ0n) is 13.4. The van der Waals surface area contributed by atoms with Gasteiger partial charge in [0.2, 0.25) is 10.5 Å². The number of aryl methyl sites for hydroxylation is 2. The highest BCUT2D eigenvalue weighted by Gasteiger charge is 2.22. The molecule has 0 aliphatic rings. The number of rotatable bonds is 4. The van der Waals surface area contributed by atoms with Gasteiger partial charge in [0.25, 0.3) is 0 Å². The van der Waals surface area contributed by atoms with Crippen LogP contribution in [0.2, 0.25) is 0 Å². The van der Waals surface area contributed by atoms with Gasteiger partial charge in [-0.3, -0.25) is 0 Å². The third-order valence-electron chi connectivity index (χ3n) is 4.22. The molecule has 4 rings (SSSR count). The Balaban J connectivity index is 1.82. The summed E-state index contributed by atoms with van der Waals surface area (Å²) in [6.45, 7) is 5.48. The molecule has 0 aliphatic heterocycles. The van der Waals surface area contributed by atoms with Gasteiger partial charge in [-0.25, -0.2) is 4.98 Å². The fourth-order valence-corrected chi connectivity index (χ4v) is 5.48. The Labute approximate surface area is 144 Å². The van der Waals surface area contributed by atoms with Crippen molar-refractivity contribution in [1.82, 2.24) is 4.98 Å². The first-order valence-corrected chi connectivity index (χ1v) is 9.71. The molecule has 0 aliphatic carbocycles. The summed E-state index contributed by atoms with van der Waals surface area (Å²) in [6, 6.07) is 15.1. The van der Waals surface area contributed by atoms with Crippen molar-refractivity contribution in [2.75, 3.05) is 0 Å². The molecule has 116 valence electrons. The molecule has 0 bridgehead atoms. The summed E-state index contributed by atoms with van der Waals surface area (Å²) in [7, 11) is 0. The molecule has 0 unspecified atom stereocenters. The fraction of sp³-hybridized carbons (Fsp3) is 0.263.